The van der Waals surface area contributed by atoms with E-state index >= 15 is 0 Å². The van der Waals surface area contributed by atoms with E-state index in [4.69, 9.17) is 9.84 Å². The molecule has 3 nitrogen and oxygen atoms in total. The molecule has 0 unspecified atom stereocenters. The molecule has 0 bridgehead atoms. The molecule has 0 amide bonds. The van der Waals surface area contributed by atoms with Gasteiger partial charge >= 0.3 is 6.18 Å². The number of alkyl halides is 3. The molecule has 0 spiro atoms. The Kier molecular flexibility index (Phi) is 3.94. The van der Waals surface area contributed by atoms with Gasteiger partial charge in [0, 0.05) is 11.8 Å². The topological polar surface area (TPSA) is 42.4 Å². The van der Waals surface area contributed by atoms with Crippen LogP contribution in [0.15, 0.2) is 36.4 Å². The first-order chi connectivity index (χ1) is 9.38. The van der Waals surface area contributed by atoms with Crippen molar-refractivity contribution in [2.24, 2.45) is 0 Å². The zero-order valence-electron chi connectivity index (χ0n) is 10.6. The maximum absolute atomic E-state index is 12.6. The van der Waals surface area contributed by atoms with Crippen LogP contribution in [0.5, 0.6) is 11.6 Å². The molecule has 1 N–H and O–H groups in total. The maximum Gasteiger partial charge on any atom is 0.416 e. The highest BCUT2D eigenvalue weighted by Crippen LogP contribution is 2.32. The van der Waals surface area contributed by atoms with Crippen LogP contribution in [0.25, 0.3) is 0 Å². The molecule has 0 atom stereocenters. The molecule has 1 aromatic heterocycles. The van der Waals surface area contributed by atoms with E-state index in [1.54, 1.807) is 13.0 Å². The molecule has 0 radical (unpaired) electrons. The summed E-state index contributed by atoms with van der Waals surface area (Å²) < 4.78 is 43.1. The first kappa shape index (κ1) is 14.3. The summed E-state index contributed by atoms with van der Waals surface area (Å²) in [4.78, 5) is 4.05. The van der Waals surface area contributed by atoms with Crippen LogP contribution in [0, 0.1) is 6.92 Å². The van der Waals surface area contributed by atoms with Crippen molar-refractivity contribution < 1.29 is 23.0 Å². The Morgan fingerprint density at radius 3 is 2.60 bits per heavy atom. The standard InChI is InChI=1S/C14H12F3NO2/c1-9-5-10(8-19)6-13(18-9)20-12-4-2-3-11(7-12)14(15,16)17/h2-7,19H,8H2,1H3. The van der Waals surface area contributed by atoms with E-state index in [1.165, 1.54) is 18.2 Å². The number of rotatable bonds is 3. The fourth-order valence-electron chi connectivity index (χ4n) is 1.71. The predicted molar refractivity (Wildman–Crippen MR) is 66.4 cm³/mol. The van der Waals surface area contributed by atoms with E-state index < -0.39 is 11.7 Å². The van der Waals surface area contributed by atoms with Gasteiger partial charge in [0.25, 0.3) is 0 Å². The minimum Gasteiger partial charge on any atom is -0.439 e. The Bertz CT molecular complexity index is 612. The fourth-order valence-corrected chi connectivity index (χ4v) is 1.71. The Balaban J connectivity index is 2.28. The molecular weight excluding hydrogens is 271 g/mol. The molecule has 0 saturated carbocycles. The number of ether oxygens (including phenoxy) is 1. The van der Waals surface area contributed by atoms with Gasteiger partial charge in [0.15, 0.2) is 0 Å². The molecule has 2 rings (SSSR count). The smallest absolute Gasteiger partial charge is 0.416 e. The van der Waals surface area contributed by atoms with Gasteiger partial charge in [-0.15, -0.1) is 0 Å². The molecule has 6 heteroatoms. The van der Waals surface area contributed by atoms with Crippen molar-refractivity contribution in [2.75, 3.05) is 0 Å². The van der Waals surface area contributed by atoms with Crippen molar-refractivity contribution in [2.45, 2.75) is 19.7 Å². The van der Waals surface area contributed by atoms with Crippen LogP contribution < -0.4 is 4.74 Å². The second kappa shape index (κ2) is 5.50. The van der Waals surface area contributed by atoms with Crippen LogP contribution in [0.2, 0.25) is 0 Å². The molecule has 0 aliphatic carbocycles. The highest BCUT2D eigenvalue weighted by Gasteiger charge is 2.30. The number of aryl methyl sites for hydroxylation is 1. The summed E-state index contributed by atoms with van der Waals surface area (Å²) in [6, 6.07) is 7.70. The van der Waals surface area contributed by atoms with Gasteiger partial charge in [0.2, 0.25) is 5.88 Å². The van der Waals surface area contributed by atoms with Gasteiger partial charge in [0.1, 0.15) is 5.75 Å². The molecule has 0 saturated heterocycles. The van der Waals surface area contributed by atoms with Gasteiger partial charge < -0.3 is 9.84 Å². The quantitative estimate of drug-likeness (QED) is 0.934. The van der Waals surface area contributed by atoms with Crippen molar-refractivity contribution in [3.8, 4) is 11.6 Å². The highest BCUT2D eigenvalue weighted by atomic mass is 19.4. The molecule has 1 aromatic carbocycles. The summed E-state index contributed by atoms with van der Waals surface area (Å²) in [6.07, 6.45) is -4.42. The summed E-state index contributed by atoms with van der Waals surface area (Å²) in [7, 11) is 0. The summed E-state index contributed by atoms with van der Waals surface area (Å²) in [6.45, 7) is 1.51. The number of nitrogens with zero attached hydrogens (tertiary/aromatic N) is 1. The fraction of sp³-hybridized carbons (Fsp3) is 0.214. The van der Waals surface area contributed by atoms with Crippen LogP contribution in [0.3, 0.4) is 0 Å². The van der Waals surface area contributed by atoms with E-state index in [0.29, 0.717) is 11.3 Å². The van der Waals surface area contributed by atoms with Crippen LogP contribution in [0.4, 0.5) is 13.2 Å². The molecule has 106 valence electrons. The molecule has 20 heavy (non-hydrogen) atoms. The zero-order valence-corrected chi connectivity index (χ0v) is 10.6. The van der Waals surface area contributed by atoms with Crippen LogP contribution in [-0.2, 0) is 12.8 Å². The zero-order chi connectivity index (χ0) is 14.8. The Morgan fingerprint density at radius 2 is 1.95 bits per heavy atom. The van der Waals surface area contributed by atoms with Crippen molar-refractivity contribution in [3.05, 3.63) is 53.2 Å². The molecule has 0 fully saturated rings. The van der Waals surface area contributed by atoms with E-state index in [-0.39, 0.29) is 18.2 Å². The summed E-state index contributed by atoms with van der Waals surface area (Å²) in [5, 5.41) is 9.07. The Hall–Kier alpha value is -2.08. The lowest BCUT2D eigenvalue weighted by atomic mass is 10.2. The van der Waals surface area contributed by atoms with Crippen molar-refractivity contribution in [1.82, 2.24) is 4.98 Å². The third-order valence-electron chi connectivity index (χ3n) is 2.56. The second-order valence-electron chi connectivity index (χ2n) is 4.24. The predicted octanol–water partition coefficient (Wildman–Crippen LogP) is 3.69. The number of pyridine rings is 1. The maximum atomic E-state index is 12.6. The van der Waals surface area contributed by atoms with Gasteiger partial charge in [-0.1, -0.05) is 6.07 Å². The van der Waals surface area contributed by atoms with E-state index in [9.17, 15) is 13.2 Å². The SMILES string of the molecule is Cc1cc(CO)cc(Oc2cccc(C(F)(F)F)c2)n1. The van der Waals surface area contributed by atoms with Gasteiger partial charge in [-0.25, -0.2) is 4.98 Å². The number of hydrogen-bond acceptors (Lipinski definition) is 3. The highest BCUT2D eigenvalue weighted by molar-refractivity contribution is 5.34. The van der Waals surface area contributed by atoms with E-state index in [1.807, 2.05) is 0 Å². The summed E-state index contributed by atoms with van der Waals surface area (Å²) in [5.74, 6) is 0.190. The van der Waals surface area contributed by atoms with Gasteiger partial charge in [-0.3, -0.25) is 0 Å². The summed E-state index contributed by atoms with van der Waals surface area (Å²) >= 11 is 0. The Morgan fingerprint density at radius 1 is 1.20 bits per heavy atom. The monoisotopic (exact) mass is 283 g/mol. The number of aliphatic hydroxyl groups excluding tert-OH is 1. The average Bonchev–Trinajstić information content (AvgIpc) is 2.37. The first-order valence-electron chi connectivity index (χ1n) is 5.82. The number of aromatic nitrogens is 1. The molecule has 1 heterocycles. The van der Waals surface area contributed by atoms with Gasteiger partial charge in [-0.05, 0) is 36.8 Å². The molecule has 2 aromatic rings. The number of benzene rings is 1. The minimum absolute atomic E-state index is 0.0433. The second-order valence-corrected chi connectivity index (χ2v) is 4.24. The summed E-state index contributed by atoms with van der Waals surface area (Å²) in [5.41, 5.74) is 0.406. The number of halogens is 3. The lowest BCUT2D eigenvalue weighted by molar-refractivity contribution is -0.137. The van der Waals surface area contributed by atoms with Crippen LogP contribution in [0.1, 0.15) is 16.8 Å². The van der Waals surface area contributed by atoms with Crippen molar-refractivity contribution in [1.29, 1.82) is 0 Å². The van der Waals surface area contributed by atoms with E-state index in [0.717, 1.165) is 12.1 Å². The largest absolute Gasteiger partial charge is 0.439 e. The number of hydrogen-bond donors (Lipinski definition) is 1. The lowest BCUT2D eigenvalue weighted by Gasteiger charge is -2.10. The lowest BCUT2D eigenvalue weighted by Crippen LogP contribution is -2.04. The Labute approximate surface area is 113 Å². The van der Waals surface area contributed by atoms with E-state index in [2.05, 4.69) is 4.98 Å². The first-order valence-corrected chi connectivity index (χ1v) is 5.82. The van der Waals surface area contributed by atoms with Crippen molar-refractivity contribution in [3.63, 3.8) is 0 Å². The third-order valence-corrected chi connectivity index (χ3v) is 2.56. The normalized spacial score (nSPS) is 11.4. The van der Waals surface area contributed by atoms with Crippen LogP contribution in [-0.4, -0.2) is 10.1 Å². The molecular formula is C14H12F3NO2. The van der Waals surface area contributed by atoms with Gasteiger partial charge in [-0.2, -0.15) is 13.2 Å². The average molecular weight is 283 g/mol. The number of aliphatic hydroxyl groups is 1. The minimum atomic E-state index is -4.42. The van der Waals surface area contributed by atoms with Crippen molar-refractivity contribution >= 4 is 0 Å². The molecule has 0 aliphatic heterocycles. The third kappa shape index (κ3) is 3.48. The van der Waals surface area contributed by atoms with Crippen LogP contribution >= 0.6 is 0 Å². The molecule has 0 aliphatic rings. The van der Waals surface area contributed by atoms with Gasteiger partial charge in [0.05, 0.1) is 12.2 Å².